The molecule has 0 aromatic heterocycles. The highest BCUT2D eigenvalue weighted by Crippen LogP contribution is 2.36. The van der Waals surface area contributed by atoms with Gasteiger partial charge in [-0.15, -0.1) is 0 Å². The zero-order valence-corrected chi connectivity index (χ0v) is 12.5. The van der Waals surface area contributed by atoms with Crippen LogP contribution in [-0.2, 0) is 10.0 Å². The van der Waals surface area contributed by atoms with Gasteiger partial charge in [0.15, 0.2) is 0 Å². The van der Waals surface area contributed by atoms with E-state index >= 15 is 0 Å². The number of nitrogens with zero attached hydrogens (tertiary/aromatic N) is 1. The van der Waals surface area contributed by atoms with Crippen molar-refractivity contribution in [2.75, 3.05) is 24.6 Å². The summed E-state index contributed by atoms with van der Waals surface area (Å²) in [5.41, 5.74) is 0.684. The second-order valence-electron chi connectivity index (χ2n) is 4.47. The lowest BCUT2D eigenvalue weighted by Crippen LogP contribution is -2.34. The molecule has 1 heterocycles. The van der Waals surface area contributed by atoms with Gasteiger partial charge in [0.2, 0.25) is 10.0 Å². The maximum Gasteiger partial charge on any atom is 0.213 e. The first kappa shape index (κ1) is 14.8. The highest BCUT2D eigenvalue weighted by molar-refractivity contribution is 7.99. The molecule has 1 saturated heterocycles. The van der Waals surface area contributed by atoms with Crippen molar-refractivity contribution in [3.05, 3.63) is 35.6 Å². The lowest BCUT2D eigenvalue weighted by atomic mass is 10.1. The number of hydrogen-bond acceptors (Lipinski definition) is 3. The van der Waals surface area contributed by atoms with Gasteiger partial charge in [-0.25, -0.2) is 17.1 Å². The Morgan fingerprint density at radius 1 is 1.37 bits per heavy atom. The van der Waals surface area contributed by atoms with Crippen LogP contribution in [0.1, 0.15) is 24.2 Å². The molecule has 0 saturated carbocycles. The van der Waals surface area contributed by atoms with Crippen LogP contribution in [-0.4, -0.2) is 37.3 Å². The molecule has 1 aliphatic rings. The Bertz CT molecular complexity index is 533. The van der Waals surface area contributed by atoms with E-state index in [-0.39, 0.29) is 16.8 Å². The van der Waals surface area contributed by atoms with Crippen molar-refractivity contribution in [3.63, 3.8) is 0 Å². The molecule has 1 atom stereocenters. The molecule has 1 aliphatic heterocycles. The summed E-state index contributed by atoms with van der Waals surface area (Å²) in [6.07, 6.45) is 0.658. The summed E-state index contributed by atoms with van der Waals surface area (Å²) in [4.78, 5) is 0. The number of sulfonamides is 1. The first-order chi connectivity index (χ1) is 9.04. The Hall–Kier alpha value is -0.590. The number of halogens is 1. The highest BCUT2D eigenvalue weighted by atomic mass is 32.2. The first-order valence-corrected chi connectivity index (χ1v) is 9.04. The van der Waals surface area contributed by atoms with Crippen LogP contribution in [0.4, 0.5) is 4.39 Å². The fraction of sp³-hybridized carbons (Fsp3) is 0.538. The van der Waals surface area contributed by atoms with Gasteiger partial charge >= 0.3 is 0 Å². The summed E-state index contributed by atoms with van der Waals surface area (Å²) < 4.78 is 39.0. The fourth-order valence-corrected chi connectivity index (χ4v) is 4.68. The average Bonchev–Trinajstić information content (AvgIpc) is 2.65. The molecule has 1 fully saturated rings. The van der Waals surface area contributed by atoms with Crippen molar-refractivity contribution in [1.82, 2.24) is 4.31 Å². The summed E-state index contributed by atoms with van der Waals surface area (Å²) >= 11 is 1.64. The van der Waals surface area contributed by atoms with Crippen molar-refractivity contribution in [1.29, 1.82) is 0 Å². The minimum atomic E-state index is -3.13. The van der Waals surface area contributed by atoms with E-state index in [1.807, 2.05) is 6.07 Å². The summed E-state index contributed by atoms with van der Waals surface area (Å²) in [5.74, 6) is 0.632. The van der Waals surface area contributed by atoms with Crippen LogP contribution in [0.5, 0.6) is 0 Å². The molecule has 0 N–H and O–H groups in total. The van der Waals surface area contributed by atoms with E-state index < -0.39 is 10.0 Å². The van der Waals surface area contributed by atoms with Crippen LogP contribution in [0.15, 0.2) is 24.3 Å². The second-order valence-corrected chi connectivity index (χ2v) is 8.04. The molecule has 1 aromatic carbocycles. The van der Waals surface area contributed by atoms with Gasteiger partial charge in [-0.1, -0.05) is 18.2 Å². The molecule has 2 rings (SSSR count). The molecule has 0 radical (unpaired) electrons. The van der Waals surface area contributed by atoms with Crippen LogP contribution >= 0.6 is 11.8 Å². The van der Waals surface area contributed by atoms with Crippen molar-refractivity contribution in [3.8, 4) is 0 Å². The van der Waals surface area contributed by atoms with Gasteiger partial charge < -0.3 is 0 Å². The van der Waals surface area contributed by atoms with E-state index in [4.69, 9.17) is 0 Å². The van der Waals surface area contributed by atoms with Gasteiger partial charge in [-0.2, -0.15) is 11.8 Å². The topological polar surface area (TPSA) is 37.4 Å². The van der Waals surface area contributed by atoms with Crippen molar-refractivity contribution < 1.29 is 12.8 Å². The normalized spacial score (nSPS) is 22.1. The van der Waals surface area contributed by atoms with E-state index in [9.17, 15) is 12.8 Å². The smallest absolute Gasteiger partial charge is 0.212 e. The maximum atomic E-state index is 13.8. The number of rotatable bonds is 3. The molecule has 3 nitrogen and oxygen atoms in total. The van der Waals surface area contributed by atoms with Gasteiger partial charge in [-0.05, 0) is 19.4 Å². The van der Waals surface area contributed by atoms with Gasteiger partial charge in [-0.3, -0.25) is 0 Å². The zero-order valence-electron chi connectivity index (χ0n) is 10.9. The highest BCUT2D eigenvalue weighted by Gasteiger charge is 2.26. The molecule has 0 spiro atoms. The minimum Gasteiger partial charge on any atom is -0.212 e. The third kappa shape index (κ3) is 3.49. The Kier molecular flexibility index (Phi) is 4.86. The SMILES string of the molecule is CCS(=O)(=O)N1CCSC(c2ccccc2F)CC1. The molecule has 106 valence electrons. The average molecular weight is 303 g/mol. The second kappa shape index (κ2) is 6.24. The quantitative estimate of drug-likeness (QED) is 0.861. The van der Waals surface area contributed by atoms with Gasteiger partial charge in [0.05, 0.1) is 5.75 Å². The first-order valence-electron chi connectivity index (χ1n) is 6.38. The standard InChI is InChI=1S/C13H18FNO2S2/c1-2-19(16,17)15-8-7-13(18-10-9-15)11-5-3-4-6-12(11)14/h3-6,13H,2,7-10H2,1H3. The maximum absolute atomic E-state index is 13.8. The summed E-state index contributed by atoms with van der Waals surface area (Å²) in [6, 6.07) is 6.75. The van der Waals surface area contributed by atoms with Crippen molar-refractivity contribution >= 4 is 21.8 Å². The van der Waals surface area contributed by atoms with Crippen LogP contribution in [0.3, 0.4) is 0 Å². The lowest BCUT2D eigenvalue weighted by Gasteiger charge is -2.18. The molecular formula is C13H18FNO2S2. The van der Waals surface area contributed by atoms with Gasteiger partial charge in [0, 0.05) is 29.7 Å². The minimum absolute atomic E-state index is 0.0401. The fourth-order valence-electron chi connectivity index (χ4n) is 2.20. The largest absolute Gasteiger partial charge is 0.213 e. The van der Waals surface area contributed by atoms with E-state index in [1.165, 1.54) is 10.4 Å². The monoisotopic (exact) mass is 303 g/mol. The Labute approximate surface area is 118 Å². The third-order valence-electron chi connectivity index (χ3n) is 3.31. The molecule has 6 heteroatoms. The van der Waals surface area contributed by atoms with E-state index in [0.717, 1.165) is 0 Å². The van der Waals surface area contributed by atoms with Crippen LogP contribution < -0.4 is 0 Å². The summed E-state index contributed by atoms with van der Waals surface area (Å²) in [5, 5.41) is 0.0401. The van der Waals surface area contributed by atoms with Gasteiger partial charge in [0.25, 0.3) is 0 Å². The van der Waals surface area contributed by atoms with Gasteiger partial charge in [0.1, 0.15) is 5.82 Å². The number of benzene rings is 1. The molecule has 1 aromatic rings. The molecule has 19 heavy (non-hydrogen) atoms. The van der Waals surface area contributed by atoms with E-state index in [1.54, 1.807) is 30.8 Å². The number of hydrogen-bond donors (Lipinski definition) is 0. The Morgan fingerprint density at radius 2 is 2.11 bits per heavy atom. The van der Waals surface area contributed by atoms with Crippen LogP contribution in [0.25, 0.3) is 0 Å². The Morgan fingerprint density at radius 3 is 2.79 bits per heavy atom. The predicted octanol–water partition coefficient (Wildman–Crippen LogP) is 2.66. The van der Waals surface area contributed by atoms with Crippen molar-refractivity contribution in [2.24, 2.45) is 0 Å². The predicted molar refractivity (Wildman–Crippen MR) is 77.2 cm³/mol. The van der Waals surface area contributed by atoms with Crippen LogP contribution in [0.2, 0.25) is 0 Å². The lowest BCUT2D eigenvalue weighted by molar-refractivity contribution is 0.428. The molecule has 0 bridgehead atoms. The van der Waals surface area contributed by atoms with Crippen molar-refractivity contribution in [2.45, 2.75) is 18.6 Å². The Balaban J connectivity index is 2.11. The molecule has 0 aliphatic carbocycles. The summed E-state index contributed by atoms with van der Waals surface area (Å²) in [6.45, 7) is 2.65. The zero-order chi connectivity index (χ0) is 13.9. The van der Waals surface area contributed by atoms with Crippen LogP contribution in [0, 0.1) is 5.82 Å². The third-order valence-corrected chi connectivity index (χ3v) is 6.50. The van der Waals surface area contributed by atoms with E-state index in [0.29, 0.717) is 30.8 Å². The summed E-state index contributed by atoms with van der Waals surface area (Å²) in [7, 11) is -3.13. The molecule has 0 amide bonds. The molecule has 1 unspecified atom stereocenters. The number of thioether (sulfide) groups is 1. The van der Waals surface area contributed by atoms with E-state index in [2.05, 4.69) is 0 Å². The molecular weight excluding hydrogens is 285 g/mol.